The molecule has 1 heterocycles. The van der Waals surface area contributed by atoms with Crippen molar-refractivity contribution < 1.29 is 28.7 Å². The third-order valence-corrected chi connectivity index (χ3v) is 5.95. The third kappa shape index (κ3) is 6.37. The first kappa shape index (κ1) is 19.6. The predicted octanol–water partition coefficient (Wildman–Crippen LogP) is 0.967. The molecule has 0 amide bonds. The van der Waals surface area contributed by atoms with Crippen LogP contribution < -0.4 is 5.11 Å². The maximum absolute atomic E-state index is 11.1. The minimum absolute atomic E-state index is 0.0616. The van der Waals surface area contributed by atoms with E-state index in [9.17, 15) is 14.5 Å². The summed E-state index contributed by atoms with van der Waals surface area (Å²) in [5, 5.41) is 10.6. The summed E-state index contributed by atoms with van der Waals surface area (Å²) in [6.07, 6.45) is 3.26. The molecule has 2 N–H and O–H groups in total. The summed E-state index contributed by atoms with van der Waals surface area (Å²) in [6, 6.07) is 0. The molecule has 0 aromatic heterocycles. The van der Waals surface area contributed by atoms with Gasteiger partial charge < -0.3 is 24.2 Å². The van der Waals surface area contributed by atoms with Crippen LogP contribution in [0, 0.1) is 11.8 Å². The lowest BCUT2D eigenvalue weighted by atomic mass is 9.92. The van der Waals surface area contributed by atoms with Gasteiger partial charge in [0, 0.05) is 30.6 Å². The quantitative estimate of drug-likeness (QED) is 0.458. The minimum atomic E-state index is -3.95. The Morgan fingerprint density at radius 1 is 1.14 bits per heavy atom. The predicted molar refractivity (Wildman–Crippen MR) is 83.1 cm³/mol. The van der Waals surface area contributed by atoms with Crippen LogP contribution in [-0.4, -0.2) is 52.6 Å². The molecule has 0 bridgehead atoms. The molecule has 0 aliphatic carbocycles. The Morgan fingerprint density at radius 3 is 2.05 bits per heavy atom. The number of nitrogens with zero attached hydrogens (tertiary/aromatic N) is 1. The van der Waals surface area contributed by atoms with E-state index in [0.717, 1.165) is 43.5 Å². The van der Waals surface area contributed by atoms with Crippen LogP contribution >= 0.6 is 7.60 Å². The molecule has 2 atom stereocenters. The second-order valence-electron chi connectivity index (χ2n) is 6.71. The van der Waals surface area contributed by atoms with Gasteiger partial charge in [0.25, 0.3) is 0 Å². The van der Waals surface area contributed by atoms with Gasteiger partial charge in [0.2, 0.25) is 0 Å². The lowest BCUT2D eigenvalue weighted by Gasteiger charge is -2.35. The van der Waals surface area contributed by atoms with Crippen LogP contribution in [0.2, 0.25) is 0 Å². The first-order valence-corrected chi connectivity index (χ1v) is 10.1. The SMILES string of the molecule is CCC1C[N+](CCCC(=O)[O-])(CCCP(=O)(O)O)CC1CC. The van der Waals surface area contributed by atoms with E-state index >= 15 is 0 Å². The Hall–Kier alpha value is -0.420. The van der Waals surface area contributed by atoms with Crippen molar-refractivity contribution in [2.75, 3.05) is 32.3 Å². The van der Waals surface area contributed by atoms with E-state index in [1.165, 1.54) is 0 Å². The fraction of sp³-hybridized carbons (Fsp3) is 0.933. The Morgan fingerprint density at radius 2 is 1.64 bits per heavy atom. The van der Waals surface area contributed by atoms with Crippen LogP contribution in [0.15, 0.2) is 0 Å². The molecule has 1 aliphatic rings. The Balaban J connectivity index is 2.68. The standard InChI is InChI=1S/C15H30NO5P/c1-3-13-11-16(12-14(13)4-2,8-5-7-15(17)18)9-6-10-22(19,20)21/h13-14H,3-12H2,1-2H3,(H2-,17,18,19,20,21). The van der Waals surface area contributed by atoms with Crippen LogP contribution in [0.4, 0.5) is 0 Å². The number of hydrogen-bond acceptors (Lipinski definition) is 3. The first-order chi connectivity index (χ1) is 10.2. The number of hydrogen-bond donors (Lipinski definition) is 2. The largest absolute Gasteiger partial charge is 0.550 e. The summed E-state index contributed by atoms with van der Waals surface area (Å²) >= 11 is 0. The number of rotatable bonds is 10. The molecule has 0 saturated carbocycles. The van der Waals surface area contributed by atoms with Gasteiger partial charge in [0.15, 0.2) is 0 Å². The molecule has 0 aromatic carbocycles. The lowest BCUT2D eigenvalue weighted by Crippen LogP contribution is -2.48. The molecule has 1 aliphatic heterocycles. The molecule has 7 heteroatoms. The van der Waals surface area contributed by atoms with Crippen LogP contribution in [0.1, 0.15) is 46.0 Å². The summed E-state index contributed by atoms with van der Waals surface area (Å²) in [4.78, 5) is 28.7. The molecule has 22 heavy (non-hydrogen) atoms. The number of carbonyl (C=O) groups excluding carboxylic acids is 1. The highest BCUT2D eigenvalue weighted by Gasteiger charge is 2.42. The lowest BCUT2D eigenvalue weighted by molar-refractivity contribution is -0.919. The number of carbonyl (C=O) groups is 1. The van der Waals surface area contributed by atoms with Crippen molar-refractivity contribution in [1.82, 2.24) is 0 Å². The molecule has 2 unspecified atom stereocenters. The third-order valence-electron chi connectivity index (χ3n) is 5.05. The zero-order valence-electron chi connectivity index (χ0n) is 13.7. The second kappa shape index (κ2) is 8.44. The summed E-state index contributed by atoms with van der Waals surface area (Å²) in [5.74, 6) is 0.234. The van der Waals surface area contributed by atoms with Crippen molar-refractivity contribution in [3.63, 3.8) is 0 Å². The van der Waals surface area contributed by atoms with Crippen LogP contribution in [0.3, 0.4) is 0 Å². The normalized spacial score (nSPS) is 28.9. The fourth-order valence-electron chi connectivity index (χ4n) is 3.94. The molecule has 6 nitrogen and oxygen atoms in total. The molecule has 130 valence electrons. The number of likely N-dealkylation sites (tertiary alicyclic amines) is 1. The number of carboxylic acids is 1. The van der Waals surface area contributed by atoms with Gasteiger partial charge in [-0.1, -0.05) is 13.8 Å². The van der Waals surface area contributed by atoms with Gasteiger partial charge in [-0.3, -0.25) is 4.57 Å². The highest BCUT2D eigenvalue weighted by molar-refractivity contribution is 7.51. The maximum Gasteiger partial charge on any atom is 0.325 e. The van der Waals surface area contributed by atoms with Gasteiger partial charge in [-0.25, -0.2) is 0 Å². The van der Waals surface area contributed by atoms with Crippen molar-refractivity contribution in [3.8, 4) is 0 Å². The first-order valence-electron chi connectivity index (χ1n) is 8.31. The van der Waals surface area contributed by atoms with Gasteiger partial charge in [-0.15, -0.1) is 0 Å². The highest BCUT2D eigenvalue weighted by atomic mass is 31.2. The summed E-state index contributed by atoms with van der Waals surface area (Å²) in [6.45, 7) is 7.87. The number of quaternary nitrogens is 1. The van der Waals surface area contributed by atoms with E-state index in [0.29, 0.717) is 24.7 Å². The molecule has 0 spiro atoms. The molecule has 0 aromatic rings. The minimum Gasteiger partial charge on any atom is -0.550 e. The van der Waals surface area contributed by atoms with E-state index in [1.54, 1.807) is 0 Å². The number of carboxylic acid groups (broad SMARTS) is 1. The van der Waals surface area contributed by atoms with Crippen molar-refractivity contribution in [1.29, 1.82) is 0 Å². The van der Waals surface area contributed by atoms with E-state index in [1.807, 2.05) is 0 Å². The monoisotopic (exact) mass is 335 g/mol. The smallest absolute Gasteiger partial charge is 0.325 e. The maximum atomic E-state index is 11.1. The van der Waals surface area contributed by atoms with Crippen LogP contribution in [-0.2, 0) is 9.36 Å². The average molecular weight is 335 g/mol. The van der Waals surface area contributed by atoms with Gasteiger partial charge in [-0.05, 0) is 19.3 Å². The Kier molecular flexibility index (Phi) is 7.53. The van der Waals surface area contributed by atoms with Crippen molar-refractivity contribution in [3.05, 3.63) is 0 Å². The fourth-order valence-corrected chi connectivity index (χ4v) is 4.49. The Bertz CT molecular complexity index is 397. The van der Waals surface area contributed by atoms with Gasteiger partial charge in [0.05, 0.1) is 32.3 Å². The zero-order chi connectivity index (χ0) is 16.8. The van der Waals surface area contributed by atoms with E-state index in [-0.39, 0.29) is 12.6 Å². The summed E-state index contributed by atoms with van der Waals surface area (Å²) in [7, 11) is -3.95. The summed E-state index contributed by atoms with van der Waals surface area (Å²) < 4.78 is 11.9. The number of aliphatic carboxylic acids is 1. The van der Waals surface area contributed by atoms with Crippen LogP contribution in [0.5, 0.6) is 0 Å². The van der Waals surface area contributed by atoms with Gasteiger partial charge >= 0.3 is 7.60 Å². The van der Waals surface area contributed by atoms with Gasteiger partial charge in [-0.2, -0.15) is 0 Å². The van der Waals surface area contributed by atoms with E-state index in [4.69, 9.17) is 9.79 Å². The van der Waals surface area contributed by atoms with Gasteiger partial charge in [0.1, 0.15) is 0 Å². The summed E-state index contributed by atoms with van der Waals surface area (Å²) in [5.41, 5.74) is 0. The topological polar surface area (TPSA) is 97.7 Å². The van der Waals surface area contributed by atoms with Crippen LogP contribution in [0.25, 0.3) is 0 Å². The zero-order valence-corrected chi connectivity index (χ0v) is 14.6. The van der Waals surface area contributed by atoms with Crippen molar-refractivity contribution >= 4 is 13.6 Å². The molecular weight excluding hydrogens is 305 g/mol. The van der Waals surface area contributed by atoms with E-state index < -0.39 is 13.6 Å². The average Bonchev–Trinajstić information content (AvgIpc) is 2.75. The molecular formula is C15H30NO5P. The van der Waals surface area contributed by atoms with E-state index in [2.05, 4.69) is 13.8 Å². The Labute approximate surface area is 133 Å². The second-order valence-corrected chi connectivity index (χ2v) is 8.48. The molecule has 1 fully saturated rings. The van der Waals surface area contributed by atoms with Crippen molar-refractivity contribution in [2.45, 2.75) is 46.0 Å². The molecule has 1 rings (SSSR count). The van der Waals surface area contributed by atoms with Crippen molar-refractivity contribution in [2.24, 2.45) is 11.8 Å². The molecule has 0 radical (unpaired) electrons. The molecule has 1 saturated heterocycles. The highest BCUT2D eigenvalue weighted by Crippen LogP contribution is 2.38.